The number of nitrogens with one attached hydrogen (secondary N) is 2. The molecule has 39 heavy (non-hydrogen) atoms. The maximum absolute atomic E-state index is 13.3. The van der Waals surface area contributed by atoms with Crippen LogP contribution in [0.3, 0.4) is 0 Å². The first kappa shape index (κ1) is 27.1. The summed E-state index contributed by atoms with van der Waals surface area (Å²) in [7, 11) is 5.45. The quantitative estimate of drug-likeness (QED) is 0.576. The average Bonchev–Trinajstić information content (AvgIpc) is 3.45. The minimum Gasteiger partial charge on any atom is -0.495 e. The summed E-state index contributed by atoms with van der Waals surface area (Å²) in [6, 6.07) is 5.63. The number of aromatic nitrogens is 2. The lowest BCUT2D eigenvalue weighted by Gasteiger charge is -2.34. The minimum atomic E-state index is -0.546. The summed E-state index contributed by atoms with van der Waals surface area (Å²) < 4.78 is 5.62. The van der Waals surface area contributed by atoms with E-state index in [9.17, 15) is 9.59 Å². The Balaban J connectivity index is 1.39. The van der Waals surface area contributed by atoms with Crippen molar-refractivity contribution in [2.24, 2.45) is 5.41 Å². The van der Waals surface area contributed by atoms with E-state index >= 15 is 0 Å². The summed E-state index contributed by atoms with van der Waals surface area (Å²) in [5.74, 6) is 1.57. The number of hydrogen-bond acceptors (Lipinski definition) is 9. The number of piperazine rings is 1. The zero-order valence-electron chi connectivity index (χ0n) is 23.7. The van der Waals surface area contributed by atoms with Crippen molar-refractivity contribution in [1.82, 2.24) is 25.3 Å². The molecule has 0 unspecified atom stereocenters. The van der Waals surface area contributed by atoms with Crippen LogP contribution in [0.2, 0.25) is 0 Å². The SMILES string of the molecule is COc1cc(C(=O)NN2CCN(C)CC2)ccc1Nc1ncc2c(n1)N(C1CCCC1)CC(C)(C)C(=O)N2C. The number of fused-ring (bicyclic) bond motifs is 1. The molecule has 1 saturated heterocycles. The lowest BCUT2D eigenvalue weighted by atomic mass is 9.91. The molecule has 3 heterocycles. The van der Waals surface area contributed by atoms with E-state index in [0.29, 0.717) is 41.2 Å². The zero-order chi connectivity index (χ0) is 27.7. The Bertz CT molecular complexity index is 1220. The van der Waals surface area contributed by atoms with Crippen LogP contribution >= 0.6 is 0 Å². The van der Waals surface area contributed by atoms with Gasteiger partial charge < -0.3 is 24.8 Å². The first-order valence-electron chi connectivity index (χ1n) is 13.8. The summed E-state index contributed by atoms with van der Waals surface area (Å²) in [5, 5.41) is 5.23. The Morgan fingerprint density at radius 3 is 2.51 bits per heavy atom. The molecule has 5 rings (SSSR count). The first-order valence-corrected chi connectivity index (χ1v) is 13.8. The third-order valence-electron chi connectivity index (χ3n) is 8.07. The highest BCUT2D eigenvalue weighted by molar-refractivity contribution is 6.01. The summed E-state index contributed by atoms with van der Waals surface area (Å²) in [6.45, 7) is 7.98. The second kappa shape index (κ2) is 11.0. The lowest BCUT2D eigenvalue weighted by molar-refractivity contribution is -0.125. The predicted molar refractivity (Wildman–Crippen MR) is 152 cm³/mol. The third-order valence-corrected chi connectivity index (χ3v) is 8.07. The van der Waals surface area contributed by atoms with Gasteiger partial charge in [-0.15, -0.1) is 0 Å². The van der Waals surface area contributed by atoms with Gasteiger partial charge in [-0.3, -0.25) is 15.0 Å². The molecule has 0 spiro atoms. The van der Waals surface area contributed by atoms with Crippen LogP contribution in [0.5, 0.6) is 5.75 Å². The van der Waals surface area contributed by atoms with E-state index in [4.69, 9.17) is 9.72 Å². The second-order valence-electron chi connectivity index (χ2n) is 11.5. The third kappa shape index (κ3) is 5.65. The van der Waals surface area contributed by atoms with Gasteiger partial charge in [0.2, 0.25) is 11.9 Å². The van der Waals surface area contributed by atoms with Crippen LogP contribution in [0.4, 0.5) is 23.1 Å². The molecule has 2 aliphatic heterocycles. The number of hydrogen-bond donors (Lipinski definition) is 2. The topological polar surface area (TPSA) is 106 Å². The van der Waals surface area contributed by atoms with Crippen LogP contribution in [0.25, 0.3) is 0 Å². The number of benzene rings is 1. The van der Waals surface area contributed by atoms with Gasteiger partial charge in [0, 0.05) is 51.4 Å². The molecule has 11 heteroatoms. The molecular formula is C28H40N8O3. The van der Waals surface area contributed by atoms with E-state index in [1.807, 2.05) is 18.9 Å². The van der Waals surface area contributed by atoms with Crippen LogP contribution in [0, 0.1) is 5.41 Å². The summed E-state index contributed by atoms with van der Waals surface area (Å²) in [4.78, 5) is 41.8. The van der Waals surface area contributed by atoms with Crippen LogP contribution < -0.4 is 25.3 Å². The van der Waals surface area contributed by atoms with Gasteiger partial charge in [0.25, 0.3) is 5.91 Å². The number of carbonyl (C=O) groups is 2. The number of ether oxygens (including phenoxy) is 1. The molecule has 2 N–H and O–H groups in total. The molecule has 2 fully saturated rings. The Morgan fingerprint density at radius 1 is 1.10 bits per heavy atom. The number of anilines is 4. The molecule has 11 nitrogen and oxygen atoms in total. The van der Waals surface area contributed by atoms with Crippen molar-refractivity contribution in [3.05, 3.63) is 30.0 Å². The molecule has 2 amide bonds. The monoisotopic (exact) mass is 536 g/mol. The van der Waals surface area contributed by atoms with Gasteiger partial charge in [-0.05, 0) is 51.9 Å². The summed E-state index contributed by atoms with van der Waals surface area (Å²) in [5.41, 5.74) is 4.32. The van der Waals surface area contributed by atoms with E-state index in [1.54, 1.807) is 43.5 Å². The standard InChI is InChI=1S/C28H40N8O3/c1-28(2)18-36(20-8-6-7-9-20)24-22(34(4)26(28)38)17-29-27(31-24)30-21-11-10-19(16-23(21)39-5)25(37)32-35-14-12-33(3)13-15-35/h10-11,16-17,20H,6-9,12-15,18H2,1-5H3,(H,32,37)(H,29,30,31). The number of hydrazine groups is 1. The normalized spacial score (nSPS) is 20.5. The number of amides is 2. The van der Waals surface area contributed by atoms with Crippen molar-refractivity contribution in [3.63, 3.8) is 0 Å². The van der Waals surface area contributed by atoms with Gasteiger partial charge in [0.15, 0.2) is 5.82 Å². The maximum atomic E-state index is 13.3. The molecule has 2 aromatic rings. The van der Waals surface area contributed by atoms with Gasteiger partial charge >= 0.3 is 0 Å². The van der Waals surface area contributed by atoms with Gasteiger partial charge in [-0.25, -0.2) is 9.99 Å². The predicted octanol–water partition coefficient (Wildman–Crippen LogP) is 2.87. The van der Waals surface area contributed by atoms with Crippen molar-refractivity contribution >= 4 is 35.0 Å². The Morgan fingerprint density at radius 2 is 1.82 bits per heavy atom. The molecule has 1 aromatic heterocycles. The van der Waals surface area contributed by atoms with Gasteiger partial charge in [0.1, 0.15) is 11.4 Å². The van der Waals surface area contributed by atoms with E-state index in [0.717, 1.165) is 44.8 Å². The Hall–Kier alpha value is -3.44. The largest absolute Gasteiger partial charge is 0.495 e. The van der Waals surface area contributed by atoms with Crippen LogP contribution in [-0.4, -0.2) is 91.7 Å². The lowest BCUT2D eigenvalue weighted by Crippen LogP contribution is -2.52. The van der Waals surface area contributed by atoms with Crippen molar-refractivity contribution in [2.45, 2.75) is 45.6 Å². The number of methoxy groups -OCH3 is 1. The fourth-order valence-corrected chi connectivity index (χ4v) is 5.71. The molecule has 0 bridgehead atoms. The molecule has 0 atom stereocenters. The Labute approximate surface area is 230 Å². The highest BCUT2D eigenvalue weighted by atomic mass is 16.5. The van der Waals surface area contributed by atoms with Gasteiger partial charge in [-0.2, -0.15) is 4.98 Å². The fourth-order valence-electron chi connectivity index (χ4n) is 5.71. The fraction of sp³-hybridized carbons (Fsp3) is 0.571. The van der Waals surface area contributed by atoms with Gasteiger partial charge in [-0.1, -0.05) is 12.8 Å². The summed E-state index contributed by atoms with van der Waals surface area (Å²) >= 11 is 0. The first-order chi connectivity index (χ1) is 18.7. The highest BCUT2D eigenvalue weighted by Gasteiger charge is 2.41. The van der Waals surface area contributed by atoms with Crippen LogP contribution in [0.15, 0.2) is 24.4 Å². The average molecular weight is 537 g/mol. The van der Waals surface area contributed by atoms with Crippen molar-refractivity contribution in [2.75, 3.05) is 69.0 Å². The number of rotatable bonds is 6. The Kier molecular flexibility index (Phi) is 7.64. The van der Waals surface area contributed by atoms with Gasteiger partial charge in [0.05, 0.1) is 24.4 Å². The van der Waals surface area contributed by atoms with Crippen molar-refractivity contribution < 1.29 is 14.3 Å². The van der Waals surface area contributed by atoms with Crippen molar-refractivity contribution in [1.29, 1.82) is 0 Å². The molecule has 1 aliphatic carbocycles. The van der Waals surface area contributed by atoms with Crippen molar-refractivity contribution in [3.8, 4) is 5.75 Å². The molecule has 1 aromatic carbocycles. The second-order valence-corrected chi connectivity index (χ2v) is 11.5. The highest BCUT2D eigenvalue weighted by Crippen LogP contribution is 2.40. The van der Waals surface area contributed by atoms with E-state index in [-0.39, 0.29) is 11.8 Å². The molecule has 0 radical (unpaired) electrons. The minimum absolute atomic E-state index is 0.0562. The molecule has 210 valence electrons. The number of nitrogens with zero attached hydrogens (tertiary/aromatic N) is 6. The molecular weight excluding hydrogens is 496 g/mol. The smallest absolute Gasteiger partial charge is 0.265 e. The molecule has 1 saturated carbocycles. The van der Waals surface area contributed by atoms with E-state index in [2.05, 4.69) is 32.6 Å². The number of likely N-dealkylation sites (N-methyl/N-ethyl adjacent to an activating group) is 1. The summed E-state index contributed by atoms with van der Waals surface area (Å²) in [6.07, 6.45) is 6.26. The maximum Gasteiger partial charge on any atom is 0.265 e. The van der Waals surface area contributed by atoms with E-state index in [1.165, 1.54) is 12.8 Å². The van der Waals surface area contributed by atoms with Crippen LogP contribution in [-0.2, 0) is 4.79 Å². The molecule has 3 aliphatic rings. The zero-order valence-corrected chi connectivity index (χ0v) is 23.7. The van der Waals surface area contributed by atoms with Crippen LogP contribution in [0.1, 0.15) is 49.9 Å². The van der Waals surface area contributed by atoms with E-state index < -0.39 is 5.41 Å². The number of carbonyl (C=O) groups excluding carboxylic acids is 2.